The van der Waals surface area contributed by atoms with Gasteiger partial charge < -0.3 is 5.32 Å². The summed E-state index contributed by atoms with van der Waals surface area (Å²) in [5.41, 5.74) is 7.20. The van der Waals surface area contributed by atoms with Crippen LogP contribution in [0.5, 0.6) is 0 Å². The van der Waals surface area contributed by atoms with Crippen LogP contribution < -0.4 is 16.2 Å². The summed E-state index contributed by atoms with van der Waals surface area (Å²) >= 11 is 0. The maximum atomic E-state index is 12.2. The molecule has 0 saturated heterocycles. The fourth-order valence-corrected chi connectivity index (χ4v) is 3.00. The van der Waals surface area contributed by atoms with Crippen molar-refractivity contribution in [3.63, 3.8) is 0 Å². The Hall–Kier alpha value is -2.68. The summed E-state index contributed by atoms with van der Waals surface area (Å²) in [6, 6.07) is 10.1. The minimum Gasteiger partial charge on any atom is -0.351 e. The lowest BCUT2D eigenvalue weighted by Gasteiger charge is -2.18. The molecule has 0 amide bonds. The summed E-state index contributed by atoms with van der Waals surface area (Å²) in [5, 5.41) is 3.19. The van der Waals surface area contributed by atoms with E-state index in [0.29, 0.717) is 11.3 Å². The third kappa shape index (κ3) is 2.56. The lowest BCUT2D eigenvalue weighted by molar-refractivity contribution is 1.28. The standard InChI is InChI=1S/C21H21NO2/c1-11-6-7-12(2)17(8-11)22-19-18(20(23)21(19)24)16-10-14(4)13(3)9-15(16)5/h6-10,22H,1-5H3. The van der Waals surface area contributed by atoms with Crippen molar-refractivity contribution in [2.75, 3.05) is 5.32 Å². The zero-order chi connectivity index (χ0) is 17.6. The molecule has 0 spiro atoms. The minimum absolute atomic E-state index is 0.403. The van der Waals surface area contributed by atoms with Gasteiger partial charge in [0.25, 0.3) is 5.43 Å². The molecule has 0 bridgehead atoms. The van der Waals surface area contributed by atoms with Gasteiger partial charge in [0, 0.05) is 5.69 Å². The van der Waals surface area contributed by atoms with Crippen molar-refractivity contribution in [3.8, 4) is 11.1 Å². The number of hydrogen-bond acceptors (Lipinski definition) is 3. The lowest BCUT2D eigenvalue weighted by atomic mass is 9.91. The van der Waals surface area contributed by atoms with E-state index in [-0.39, 0.29) is 0 Å². The van der Waals surface area contributed by atoms with Crippen molar-refractivity contribution in [1.82, 2.24) is 0 Å². The van der Waals surface area contributed by atoms with Gasteiger partial charge in [0.05, 0.1) is 5.56 Å². The highest BCUT2D eigenvalue weighted by Crippen LogP contribution is 2.31. The first kappa shape index (κ1) is 16.2. The number of nitrogens with one attached hydrogen (secondary N) is 1. The van der Waals surface area contributed by atoms with Gasteiger partial charge in [-0.1, -0.05) is 24.3 Å². The summed E-state index contributed by atoms with van der Waals surface area (Å²) in [6.07, 6.45) is 0. The number of benzene rings is 2. The highest BCUT2D eigenvalue weighted by molar-refractivity contribution is 5.87. The summed E-state index contributed by atoms with van der Waals surface area (Å²) in [6.45, 7) is 10.0. The molecule has 24 heavy (non-hydrogen) atoms. The molecule has 3 nitrogen and oxygen atoms in total. The van der Waals surface area contributed by atoms with E-state index < -0.39 is 10.9 Å². The van der Waals surface area contributed by atoms with E-state index in [1.165, 1.54) is 5.56 Å². The highest BCUT2D eigenvalue weighted by Gasteiger charge is 2.24. The molecule has 0 aromatic heterocycles. The van der Waals surface area contributed by atoms with Crippen LogP contribution in [-0.4, -0.2) is 0 Å². The second kappa shape index (κ2) is 5.75. The molecule has 3 heteroatoms. The van der Waals surface area contributed by atoms with Gasteiger partial charge in [-0.3, -0.25) is 9.59 Å². The predicted octanol–water partition coefficient (Wildman–Crippen LogP) is 4.24. The van der Waals surface area contributed by atoms with E-state index in [2.05, 4.69) is 11.4 Å². The maximum Gasteiger partial charge on any atom is 0.250 e. The molecule has 0 aliphatic rings. The van der Waals surface area contributed by atoms with Crippen molar-refractivity contribution < 1.29 is 0 Å². The molecule has 1 N–H and O–H groups in total. The van der Waals surface area contributed by atoms with Gasteiger partial charge in [-0.25, -0.2) is 0 Å². The fraction of sp³-hybridized carbons (Fsp3) is 0.238. The lowest BCUT2D eigenvalue weighted by Crippen LogP contribution is -2.35. The molecule has 0 heterocycles. The van der Waals surface area contributed by atoms with Gasteiger partial charge in [-0.2, -0.15) is 0 Å². The molecule has 0 aliphatic carbocycles. The summed E-state index contributed by atoms with van der Waals surface area (Å²) in [5.74, 6) is 0. The van der Waals surface area contributed by atoms with E-state index >= 15 is 0 Å². The largest absolute Gasteiger partial charge is 0.351 e. The molecule has 3 rings (SSSR count). The average Bonchev–Trinajstić information content (AvgIpc) is 2.54. The highest BCUT2D eigenvalue weighted by atomic mass is 16.2. The van der Waals surface area contributed by atoms with E-state index in [1.807, 2.05) is 58.9 Å². The van der Waals surface area contributed by atoms with Crippen molar-refractivity contribution in [3.05, 3.63) is 78.6 Å². The Morgan fingerprint density at radius 3 is 2.08 bits per heavy atom. The van der Waals surface area contributed by atoms with Gasteiger partial charge in [-0.15, -0.1) is 0 Å². The van der Waals surface area contributed by atoms with Crippen molar-refractivity contribution in [2.45, 2.75) is 34.6 Å². The Kier molecular flexibility index (Phi) is 3.88. The molecule has 0 saturated carbocycles. The molecular weight excluding hydrogens is 298 g/mol. The Morgan fingerprint density at radius 1 is 0.708 bits per heavy atom. The first-order valence-electron chi connectivity index (χ1n) is 8.05. The van der Waals surface area contributed by atoms with Crippen molar-refractivity contribution in [1.29, 1.82) is 0 Å². The summed E-state index contributed by atoms with van der Waals surface area (Å²) < 4.78 is 0. The molecule has 122 valence electrons. The van der Waals surface area contributed by atoms with Crippen LogP contribution in [0.2, 0.25) is 0 Å². The van der Waals surface area contributed by atoms with Crippen LogP contribution in [0.25, 0.3) is 11.1 Å². The number of anilines is 2. The zero-order valence-corrected chi connectivity index (χ0v) is 14.7. The fourth-order valence-electron chi connectivity index (χ4n) is 3.00. The quantitative estimate of drug-likeness (QED) is 0.735. The molecule has 3 aromatic carbocycles. The van der Waals surface area contributed by atoms with Crippen LogP contribution in [0.1, 0.15) is 27.8 Å². The first-order chi connectivity index (χ1) is 11.3. The zero-order valence-electron chi connectivity index (χ0n) is 14.7. The van der Waals surface area contributed by atoms with E-state index in [9.17, 15) is 9.59 Å². The Bertz CT molecular complexity index is 1020. The second-order valence-electron chi connectivity index (χ2n) is 6.60. The number of rotatable bonds is 3. The summed E-state index contributed by atoms with van der Waals surface area (Å²) in [7, 11) is 0. The SMILES string of the molecule is Cc1ccc(C)c(Nc2c(-c3cc(C)c(C)cc3C)c(=O)c2=O)c1. The van der Waals surface area contributed by atoms with Crippen LogP contribution in [0.4, 0.5) is 11.4 Å². The van der Waals surface area contributed by atoms with Gasteiger partial charge in [0.15, 0.2) is 0 Å². The normalized spacial score (nSPS) is 11.0. The Morgan fingerprint density at radius 2 is 1.38 bits per heavy atom. The first-order valence-corrected chi connectivity index (χ1v) is 8.05. The van der Waals surface area contributed by atoms with Gasteiger partial charge >= 0.3 is 0 Å². The molecule has 0 unspecified atom stereocenters. The van der Waals surface area contributed by atoms with E-state index in [0.717, 1.165) is 33.5 Å². The second-order valence-corrected chi connectivity index (χ2v) is 6.60. The molecule has 0 aliphatic heterocycles. The van der Waals surface area contributed by atoms with Crippen LogP contribution in [0, 0.1) is 34.6 Å². The minimum atomic E-state index is -0.441. The molecule has 0 radical (unpaired) electrons. The topological polar surface area (TPSA) is 46.2 Å². The molecular formula is C21H21NO2. The number of aryl methyl sites for hydroxylation is 5. The smallest absolute Gasteiger partial charge is 0.250 e. The number of hydrogen-bond donors (Lipinski definition) is 1. The van der Waals surface area contributed by atoms with Crippen molar-refractivity contribution in [2.24, 2.45) is 0 Å². The maximum absolute atomic E-state index is 12.2. The van der Waals surface area contributed by atoms with Crippen LogP contribution in [0.15, 0.2) is 39.9 Å². The van der Waals surface area contributed by atoms with E-state index in [1.54, 1.807) is 0 Å². The molecule has 0 fully saturated rings. The van der Waals surface area contributed by atoms with E-state index in [4.69, 9.17) is 0 Å². The van der Waals surface area contributed by atoms with Gasteiger partial charge in [0.2, 0.25) is 5.43 Å². The Balaban J connectivity index is 2.12. The predicted molar refractivity (Wildman–Crippen MR) is 100 cm³/mol. The van der Waals surface area contributed by atoms with Crippen LogP contribution >= 0.6 is 0 Å². The monoisotopic (exact) mass is 319 g/mol. The Labute approximate surface area is 141 Å². The van der Waals surface area contributed by atoms with Crippen molar-refractivity contribution >= 4 is 11.4 Å². The average molecular weight is 319 g/mol. The molecule has 3 aromatic rings. The third-order valence-corrected chi connectivity index (χ3v) is 4.67. The van der Waals surface area contributed by atoms with Gasteiger partial charge in [0.1, 0.15) is 5.69 Å². The van der Waals surface area contributed by atoms with Crippen LogP contribution in [0.3, 0.4) is 0 Å². The van der Waals surface area contributed by atoms with Crippen LogP contribution in [-0.2, 0) is 0 Å². The third-order valence-electron chi connectivity index (χ3n) is 4.67. The van der Waals surface area contributed by atoms with Gasteiger partial charge in [-0.05, 0) is 74.1 Å². The summed E-state index contributed by atoms with van der Waals surface area (Å²) in [4.78, 5) is 24.4. The molecule has 0 atom stereocenters.